The van der Waals surface area contributed by atoms with Crippen LogP contribution in [-0.2, 0) is 16.6 Å². The van der Waals surface area contributed by atoms with Gasteiger partial charge in [-0.2, -0.15) is 4.31 Å². The fourth-order valence-electron chi connectivity index (χ4n) is 1.91. The van der Waals surface area contributed by atoms with Gasteiger partial charge in [-0.3, -0.25) is 0 Å². The molecule has 0 saturated heterocycles. The van der Waals surface area contributed by atoms with Crippen molar-refractivity contribution in [3.05, 3.63) is 29.8 Å². The monoisotopic (exact) mass is 298 g/mol. The van der Waals surface area contributed by atoms with E-state index < -0.39 is 10.0 Å². The first kappa shape index (κ1) is 17.0. The van der Waals surface area contributed by atoms with Gasteiger partial charge < -0.3 is 5.73 Å². The first-order valence-electron chi connectivity index (χ1n) is 7.17. The van der Waals surface area contributed by atoms with Gasteiger partial charge in [0.25, 0.3) is 0 Å². The van der Waals surface area contributed by atoms with Gasteiger partial charge in [-0.1, -0.05) is 32.9 Å². The second-order valence-corrected chi connectivity index (χ2v) is 7.66. The number of benzene rings is 1. The number of nitrogens with zero attached hydrogens (tertiary/aromatic N) is 1. The molecule has 20 heavy (non-hydrogen) atoms. The first-order valence-corrected chi connectivity index (χ1v) is 8.78. The predicted octanol–water partition coefficient (Wildman–Crippen LogP) is 2.86. The fourth-order valence-corrected chi connectivity index (χ4v) is 3.74. The lowest BCUT2D eigenvalue weighted by Gasteiger charge is -2.22. The number of sulfonamides is 1. The van der Waals surface area contributed by atoms with Crippen LogP contribution in [0.4, 0.5) is 5.69 Å². The van der Waals surface area contributed by atoms with Crippen LogP contribution in [0.5, 0.6) is 0 Å². The summed E-state index contributed by atoms with van der Waals surface area (Å²) in [4.78, 5) is 0. The molecule has 0 aliphatic heterocycles. The Kier molecular flexibility index (Phi) is 6.49. The van der Waals surface area contributed by atoms with E-state index in [2.05, 4.69) is 0 Å². The van der Waals surface area contributed by atoms with Crippen molar-refractivity contribution in [1.29, 1.82) is 0 Å². The molecule has 0 atom stereocenters. The maximum Gasteiger partial charge on any atom is 0.214 e. The third kappa shape index (κ3) is 5.51. The van der Waals surface area contributed by atoms with Gasteiger partial charge in [0.05, 0.1) is 5.75 Å². The van der Waals surface area contributed by atoms with Crippen LogP contribution in [0.3, 0.4) is 0 Å². The Morgan fingerprint density at radius 3 is 2.30 bits per heavy atom. The Morgan fingerprint density at radius 1 is 1.20 bits per heavy atom. The van der Waals surface area contributed by atoms with Crippen molar-refractivity contribution in [2.24, 2.45) is 5.92 Å². The van der Waals surface area contributed by atoms with E-state index in [-0.39, 0.29) is 5.75 Å². The van der Waals surface area contributed by atoms with Crippen LogP contribution in [0.1, 0.15) is 39.2 Å². The molecule has 4 nitrogen and oxygen atoms in total. The van der Waals surface area contributed by atoms with Crippen molar-refractivity contribution in [1.82, 2.24) is 4.31 Å². The van der Waals surface area contributed by atoms with Crippen LogP contribution in [0.2, 0.25) is 0 Å². The van der Waals surface area contributed by atoms with Gasteiger partial charge >= 0.3 is 0 Å². The highest BCUT2D eigenvalue weighted by Crippen LogP contribution is 2.14. The van der Waals surface area contributed by atoms with Crippen LogP contribution in [0.15, 0.2) is 24.3 Å². The Hall–Kier alpha value is -1.07. The summed E-state index contributed by atoms with van der Waals surface area (Å²) in [6, 6.07) is 7.38. The summed E-state index contributed by atoms with van der Waals surface area (Å²) in [6.45, 7) is 7.06. The molecular weight excluding hydrogens is 272 g/mol. The van der Waals surface area contributed by atoms with Crippen molar-refractivity contribution < 1.29 is 8.42 Å². The molecule has 2 N–H and O–H groups in total. The van der Waals surface area contributed by atoms with E-state index in [0.717, 1.165) is 12.0 Å². The lowest BCUT2D eigenvalue weighted by molar-refractivity contribution is 0.402. The second kappa shape index (κ2) is 7.64. The van der Waals surface area contributed by atoms with Gasteiger partial charge in [0.15, 0.2) is 0 Å². The highest BCUT2D eigenvalue weighted by Gasteiger charge is 2.21. The van der Waals surface area contributed by atoms with Gasteiger partial charge in [-0.25, -0.2) is 8.42 Å². The number of rotatable bonds is 8. The summed E-state index contributed by atoms with van der Waals surface area (Å²) < 4.78 is 26.4. The van der Waals surface area contributed by atoms with Crippen molar-refractivity contribution >= 4 is 15.7 Å². The normalized spacial score (nSPS) is 12.2. The minimum absolute atomic E-state index is 0.222. The molecule has 0 heterocycles. The molecule has 1 aromatic rings. The molecule has 5 heteroatoms. The van der Waals surface area contributed by atoms with Gasteiger partial charge in [-0.15, -0.1) is 0 Å². The number of hydrogen-bond acceptors (Lipinski definition) is 3. The molecule has 0 amide bonds. The lowest BCUT2D eigenvalue weighted by Crippen LogP contribution is -2.33. The highest BCUT2D eigenvalue weighted by atomic mass is 32.2. The molecule has 0 aliphatic carbocycles. The molecule has 114 valence electrons. The zero-order valence-corrected chi connectivity index (χ0v) is 13.5. The van der Waals surface area contributed by atoms with Gasteiger partial charge in [0, 0.05) is 18.8 Å². The van der Waals surface area contributed by atoms with Crippen molar-refractivity contribution in [3.63, 3.8) is 0 Å². The number of nitrogen functional groups attached to an aromatic ring is 1. The van der Waals surface area contributed by atoms with E-state index in [1.54, 1.807) is 16.4 Å². The summed E-state index contributed by atoms with van der Waals surface area (Å²) in [5.41, 5.74) is 7.32. The molecule has 0 aliphatic rings. The van der Waals surface area contributed by atoms with Crippen LogP contribution in [-0.4, -0.2) is 25.0 Å². The van der Waals surface area contributed by atoms with E-state index in [1.807, 2.05) is 32.9 Å². The minimum Gasteiger partial charge on any atom is -0.399 e. The maximum atomic E-state index is 12.4. The third-order valence-electron chi connectivity index (χ3n) is 3.16. The van der Waals surface area contributed by atoms with Crippen LogP contribution >= 0.6 is 0 Å². The maximum absolute atomic E-state index is 12.4. The zero-order chi connectivity index (χ0) is 15.2. The molecular formula is C15H26N2O2S. The molecule has 0 fully saturated rings. The molecule has 1 aromatic carbocycles. The van der Waals surface area contributed by atoms with E-state index in [4.69, 9.17) is 5.73 Å². The standard InChI is InChI=1S/C15H26N2O2S/c1-4-10-17(20(18,19)11-9-13(2)3)12-14-5-7-15(16)8-6-14/h5-8,13H,4,9-12,16H2,1-3H3. The molecule has 0 aromatic heterocycles. The van der Waals surface area contributed by atoms with Crippen LogP contribution in [0.25, 0.3) is 0 Å². The van der Waals surface area contributed by atoms with E-state index in [1.165, 1.54) is 0 Å². The molecule has 0 spiro atoms. The highest BCUT2D eigenvalue weighted by molar-refractivity contribution is 7.89. The quantitative estimate of drug-likeness (QED) is 0.751. The van der Waals surface area contributed by atoms with Crippen molar-refractivity contribution in [3.8, 4) is 0 Å². The largest absolute Gasteiger partial charge is 0.399 e. The SMILES string of the molecule is CCCN(Cc1ccc(N)cc1)S(=O)(=O)CCC(C)C. The Bertz CT molecular complexity index is 495. The summed E-state index contributed by atoms with van der Waals surface area (Å²) >= 11 is 0. The Morgan fingerprint density at radius 2 is 1.80 bits per heavy atom. The number of hydrogen-bond donors (Lipinski definition) is 1. The smallest absolute Gasteiger partial charge is 0.214 e. The summed E-state index contributed by atoms with van der Waals surface area (Å²) in [5.74, 6) is 0.615. The summed E-state index contributed by atoms with van der Waals surface area (Å²) in [7, 11) is -3.19. The first-order chi connectivity index (χ1) is 9.35. The molecule has 0 radical (unpaired) electrons. The number of anilines is 1. The van der Waals surface area contributed by atoms with Crippen LogP contribution in [0, 0.1) is 5.92 Å². The molecule has 0 bridgehead atoms. The van der Waals surface area contributed by atoms with Gasteiger partial charge in [0.2, 0.25) is 10.0 Å². The summed E-state index contributed by atoms with van der Waals surface area (Å²) in [5, 5.41) is 0. The fraction of sp³-hybridized carbons (Fsp3) is 0.600. The lowest BCUT2D eigenvalue weighted by atomic mass is 10.2. The average molecular weight is 298 g/mol. The molecule has 0 saturated carbocycles. The Balaban J connectivity index is 2.79. The van der Waals surface area contributed by atoms with Gasteiger partial charge in [-0.05, 0) is 36.5 Å². The number of nitrogens with two attached hydrogens (primary N) is 1. The van der Waals surface area contributed by atoms with E-state index >= 15 is 0 Å². The van der Waals surface area contributed by atoms with E-state index in [0.29, 0.717) is 31.1 Å². The van der Waals surface area contributed by atoms with E-state index in [9.17, 15) is 8.42 Å². The second-order valence-electron chi connectivity index (χ2n) is 5.57. The third-order valence-corrected chi connectivity index (χ3v) is 5.01. The molecule has 0 unspecified atom stereocenters. The van der Waals surface area contributed by atoms with Crippen molar-refractivity contribution in [2.75, 3.05) is 18.0 Å². The van der Waals surface area contributed by atoms with Crippen LogP contribution < -0.4 is 5.73 Å². The summed E-state index contributed by atoms with van der Waals surface area (Å²) in [6.07, 6.45) is 1.51. The minimum atomic E-state index is -3.19. The zero-order valence-electron chi connectivity index (χ0n) is 12.7. The Labute approximate surface area is 123 Å². The van der Waals surface area contributed by atoms with Gasteiger partial charge in [0.1, 0.15) is 0 Å². The topological polar surface area (TPSA) is 63.4 Å². The van der Waals surface area contributed by atoms with Crippen molar-refractivity contribution in [2.45, 2.75) is 40.2 Å². The predicted molar refractivity (Wildman–Crippen MR) is 84.8 cm³/mol. The average Bonchev–Trinajstić information content (AvgIpc) is 2.38. The molecule has 1 rings (SSSR count).